The van der Waals surface area contributed by atoms with E-state index in [4.69, 9.17) is 4.74 Å². The second-order valence-corrected chi connectivity index (χ2v) is 6.24. The summed E-state index contributed by atoms with van der Waals surface area (Å²) < 4.78 is 5.38. The van der Waals surface area contributed by atoms with Crippen LogP contribution in [0.15, 0.2) is 85.5 Å². The number of H-pyrrole nitrogens is 1. The molecule has 1 heterocycles. The lowest BCUT2D eigenvalue weighted by molar-refractivity contribution is -0.143. The molecule has 0 radical (unpaired) electrons. The van der Waals surface area contributed by atoms with E-state index >= 15 is 0 Å². The first kappa shape index (κ1) is 16.2. The Kier molecular flexibility index (Phi) is 4.28. The van der Waals surface area contributed by atoms with E-state index < -0.39 is 5.92 Å². The molecule has 1 atom stereocenters. The highest BCUT2D eigenvalue weighted by Crippen LogP contribution is 2.32. The minimum atomic E-state index is -0.464. The van der Waals surface area contributed by atoms with Gasteiger partial charge in [0.25, 0.3) is 0 Å². The van der Waals surface area contributed by atoms with E-state index in [0.29, 0.717) is 0 Å². The molecule has 3 aromatic carbocycles. The van der Waals surface area contributed by atoms with Gasteiger partial charge in [0.2, 0.25) is 0 Å². The lowest BCUT2D eigenvalue weighted by Crippen LogP contribution is -2.17. The van der Waals surface area contributed by atoms with Crippen LogP contribution in [0, 0.1) is 0 Å². The van der Waals surface area contributed by atoms with Gasteiger partial charge in [-0.25, -0.2) is 0 Å². The number of hydrogen-bond acceptors (Lipinski definition) is 2. The number of rotatable bonds is 5. The van der Waals surface area contributed by atoms with Crippen molar-refractivity contribution in [2.24, 2.45) is 0 Å². The number of nitrogens with one attached hydrogen (secondary N) is 1. The lowest BCUT2D eigenvalue weighted by atomic mass is 9.90. The smallest absolute Gasteiger partial charge is 0.318 e. The molecule has 0 bridgehead atoms. The SMILES string of the molecule is C=CCOC(=O)C(c1ccccc1)c1ccc2[nH]c3ccccc3c2c1. The van der Waals surface area contributed by atoms with E-state index in [1.54, 1.807) is 6.08 Å². The lowest BCUT2D eigenvalue weighted by Gasteiger charge is -2.17. The minimum Gasteiger partial charge on any atom is -0.461 e. The molecule has 1 unspecified atom stereocenters. The zero-order valence-electron chi connectivity index (χ0n) is 14.3. The molecule has 0 spiro atoms. The predicted octanol–water partition coefficient (Wildman–Crippen LogP) is 5.18. The van der Waals surface area contributed by atoms with Crippen LogP contribution in [0.1, 0.15) is 17.0 Å². The van der Waals surface area contributed by atoms with Crippen molar-refractivity contribution in [1.29, 1.82) is 0 Å². The van der Waals surface area contributed by atoms with E-state index in [1.165, 1.54) is 0 Å². The molecule has 128 valence electrons. The van der Waals surface area contributed by atoms with Crippen LogP contribution in [0.25, 0.3) is 21.8 Å². The van der Waals surface area contributed by atoms with Crippen LogP contribution in [0.5, 0.6) is 0 Å². The summed E-state index contributed by atoms with van der Waals surface area (Å²) in [6.45, 7) is 3.83. The summed E-state index contributed by atoms with van der Waals surface area (Å²) >= 11 is 0. The maximum atomic E-state index is 12.8. The molecule has 4 rings (SSSR count). The maximum absolute atomic E-state index is 12.8. The summed E-state index contributed by atoms with van der Waals surface area (Å²) in [5, 5.41) is 2.26. The van der Waals surface area contributed by atoms with E-state index in [-0.39, 0.29) is 12.6 Å². The number of benzene rings is 3. The highest BCUT2D eigenvalue weighted by Gasteiger charge is 2.24. The fraction of sp³-hybridized carbons (Fsp3) is 0.0870. The first-order chi connectivity index (χ1) is 12.8. The molecular weight excluding hydrogens is 322 g/mol. The first-order valence-corrected chi connectivity index (χ1v) is 8.61. The van der Waals surface area contributed by atoms with Crippen LogP contribution in [0.2, 0.25) is 0 Å². The Hall–Kier alpha value is -3.33. The number of carbonyl (C=O) groups is 1. The van der Waals surface area contributed by atoms with Crippen LogP contribution < -0.4 is 0 Å². The monoisotopic (exact) mass is 341 g/mol. The number of aromatic nitrogens is 1. The third-order valence-corrected chi connectivity index (χ3v) is 4.58. The number of carbonyl (C=O) groups excluding carboxylic acids is 1. The topological polar surface area (TPSA) is 42.1 Å². The third kappa shape index (κ3) is 2.88. The van der Waals surface area contributed by atoms with Gasteiger partial charge in [-0.1, -0.05) is 67.3 Å². The Morgan fingerprint density at radius 2 is 1.65 bits per heavy atom. The Bertz CT molecular complexity index is 1080. The zero-order valence-corrected chi connectivity index (χ0v) is 14.3. The van der Waals surface area contributed by atoms with Crippen molar-refractivity contribution < 1.29 is 9.53 Å². The Balaban J connectivity index is 1.85. The van der Waals surface area contributed by atoms with Crippen LogP contribution >= 0.6 is 0 Å². The average molecular weight is 341 g/mol. The fourth-order valence-electron chi connectivity index (χ4n) is 3.38. The van der Waals surface area contributed by atoms with Crippen molar-refractivity contribution in [2.75, 3.05) is 6.61 Å². The second-order valence-electron chi connectivity index (χ2n) is 6.24. The fourth-order valence-corrected chi connectivity index (χ4v) is 3.38. The summed E-state index contributed by atoms with van der Waals surface area (Å²) in [6.07, 6.45) is 1.59. The van der Waals surface area contributed by atoms with Crippen molar-refractivity contribution in [3.8, 4) is 0 Å². The maximum Gasteiger partial charge on any atom is 0.318 e. The average Bonchev–Trinajstić information content (AvgIpc) is 3.05. The van der Waals surface area contributed by atoms with E-state index in [1.807, 2.05) is 54.6 Å². The van der Waals surface area contributed by atoms with Gasteiger partial charge in [-0.05, 0) is 29.3 Å². The highest BCUT2D eigenvalue weighted by atomic mass is 16.5. The number of esters is 1. The summed E-state index contributed by atoms with van der Waals surface area (Å²) in [4.78, 5) is 16.2. The molecule has 3 nitrogen and oxygen atoms in total. The zero-order chi connectivity index (χ0) is 17.9. The molecule has 1 aromatic heterocycles. The van der Waals surface area contributed by atoms with Gasteiger partial charge in [-0.2, -0.15) is 0 Å². The molecule has 0 aliphatic carbocycles. The number of hydrogen-bond donors (Lipinski definition) is 1. The van der Waals surface area contributed by atoms with Gasteiger partial charge < -0.3 is 9.72 Å². The van der Waals surface area contributed by atoms with Crippen molar-refractivity contribution in [1.82, 2.24) is 4.98 Å². The number of aromatic amines is 1. The molecular formula is C23H19NO2. The first-order valence-electron chi connectivity index (χ1n) is 8.61. The van der Waals surface area contributed by atoms with Gasteiger partial charge in [0.15, 0.2) is 0 Å². The molecule has 0 fully saturated rings. The van der Waals surface area contributed by atoms with Gasteiger partial charge in [-0.3, -0.25) is 4.79 Å². The molecule has 0 saturated carbocycles. The number of fused-ring (bicyclic) bond motifs is 3. The molecule has 1 N–H and O–H groups in total. The van der Waals surface area contributed by atoms with Crippen LogP contribution in [-0.2, 0) is 9.53 Å². The summed E-state index contributed by atoms with van der Waals surface area (Å²) in [5.74, 6) is -0.732. The van der Waals surface area contributed by atoms with Gasteiger partial charge in [0, 0.05) is 21.8 Å². The van der Waals surface area contributed by atoms with Gasteiger partial charge >= 0.3 is 5.97 Å². The standard InChI is InChI=1S/C23H19NO2/c1-2-14-26-23(25)22(16-8-4-3-5-9-16)17-12-13-21-19(15-17)18-10-6-7-11-20(18)24-21/h2-13,15,22,24H,1,14H2. The van der Waals surface area contributed by atoms with E-state index in [9.17, 15) is 4.79 Å². The largest absolute Gasteiger partial charge is 0.461 e. The number of para-hydroxylation sites is 1. The highest BCUT2D eigenvalue weighted by molar-refractivity contribution is 6.07. The van der Waals surface area contributed by atoms with Crippen molar-refractivity contribution in [3.63, 3.8) is 0 Å². The van der Waals surface area contributed by atoms with Crippen molar-refractivity contribution in [2.45, 2.75) is 5.92 Å². The summed E-state index contributed by atoms with van der Waals surface area (Å²) in [7, 11) is 0. The molecule has 4 aromatic rings. The van der Waals surface area contributed by atoms with E-state index in [2.05, 4.69) is 29.8 Å². The summed E-state index contributed by atoms with van der Waals surface area (Å²) in [6, 6.07) is 24.0. The van der Waals surface area contributed by atoms with Crippen molar-refractivity contribution >= 4 is 27.8 Å². The van der Waals surface area contributed by atoms with Crippen LogP contribution in [0.4, 0.5) is 0 Å². The molecule has 0 aliphatic heterocycles. The predicted molar refractivity (Wildman–Crippen MR) is 105 cm³/mol. The summed E-state index contributed by atoms with van der Waals surface area (Å²) in [5.41, 5.74) is 3.98. The Morgan fingerprint density at radius 3 is 2.46 bits per heavy atom. The third-order valence-electron chi connectivity index (χ3n) is 4.58. The van der Waals surface area contributed by atoms with Gasteiger partial charge in [0.1, 0.15) is 12.5 Å². The van der Waals surface area contributed by atoms with Gasteiger partial charge in [-0.15, -0.1) is 0 Å². The minimum absolute atomic E-state index is 0.206. The van der Waals surface area contributed by atoms with Crippen molar-refractivity contribution in [3.05, 3.63) is 96.6 Å². The van der Waals surface area contributed by atoms with Crippen LogP contribution in [0.3, 0.4) is 0 Å². The number of ether oxygens (including phenoxy) is 1. The van der Waals surface area contributed by atoms with Crippen LogP contribution in [-0.4, -0.2) is 17.6 Å². The molecule has 0 saturated heterocycles. The normalized spacial score (nSPS) is 12.2. The Labute approximate surface area is 151 Å². The quantitative estimate of drug-likeness (QED) is 0.401. The van der Waals surface area contributed by atoms with E-state index in [0.717, 1.165) is 32.9 Å². The molecule has 0 amide bonds. The molecule has 26 heavy (non-hydrogen) atoms. The molecule has 0 aliphatic rings. The second kappa shape index (κ2) is 6.89. The molecule has 3 heteroatoms. The van der Waals surface area contributed by atoms with Gasteiger partial charge in [0.05, 0.1) is 0 Å². The Morgan fingerprint density at radius 1 is 0.923 bits per heavy atom.